The molecule has 0 radical (unpaired) electrons. The molecule has 1 aromatic heterocycles. The third-order valence-electron chi connectivity index (χ3n) is 2.02. The zero-order valence-electron chi connectivity index (χ0n) is 8.92. The van der Waals surface area contributed by atoms with Crippen LogP contribution in [0.4, 0.5) is 4.39 Å². The molecular formula is C10H11FN2O4. The van der Waals surface area contributed by atoms with E-state index in [1.165, 1.54) is 13.0 Å². The lowest BCUT2D eigenvalue weighted by atomic mass is 10.1. The van der Waals surface area contributed by atoms with Gasteiger partial charge in [-0.05, 0) is 13.0 Å². The Hall–Kier alpha value is -2.02. The predicted molar refractivity (Wildman–Crippen MR) is 54.8 cm³/mol. The van der Waals surface area contributed by atoms with Crippen molar-refractivity contribution in [2.45, 2.75) is 19.1 Å². The number of aliphatic carboxylic acids is 1. The number of carboxylic acid groups (broad SMARTS) is 1. The number of nitrogens with one attached hydrogen (secondary N) is 1. The Bertz CT molecular complexity index is 436. The monoisotopic (exact) mass is 242 g/mol. The molecule has 0 spiro atoms. The van der Waals surface area contributed by atoms with Crippen LogP contribution in [0.2, 0.25) is 0 Å². The maximum atomic E-state index is 12.7. The summed E-state index contributed by atoms with van der Waals surface area (Å²) in [5, 5.41) is 20.0. The van der Waals surface area contributed by atoms with E-state index in [0.29, 0.717) is 0 Å². The van der Waals surface area contributed by atoms with Gasteiger partial charge in [0.25, 0.3) is 5.91 Å². The summed E-state index contributed by atoms with van der Waals surface area (Å²) >= 11 is 0. The first-order valence-corrected chi connectivity index (χ1v) is 4.75. The number of carbonyl (C=O) groups is 2. The van der Waals surface area contributed by atoms with Crippen molar-refractivity contribution in [2.24, 2.45) is 0 Å². The van der Waals surface area contributed by atoms with Crippen molar-refractivity contribution in [1.29, 1.82) is 0 Å². The van der Waals surface area contributed by atoms with Gasteiger partial charge >= 0.3 is 5.97 Å². The van der Waals surface area contributed by atoms with Gasteiger partial charge in [0, 0.05) is 17.8 Å². The molecule has 1 amide bonds. The van der Waals surface area contributed by atoms with Crippen LogP contribution < -0.4 is 5.32 Å². The number of carbonyl (C=O) groups excluding carboxylic acids is 1. The molecule has 0 aromatic carbocycles. The molecule has 3 N–H and O–H groups in total. The quantitative estimate of drug-likeness (QED) is 0.634. The Morgan fingerprint density at radius 3 is 2.65 bits per heavy atom. The predicted octanol–water partition coefficient (Wildman–Crippen LogP) is -0.216. The van der Waals surface area contributed by atoms with Crippen molar-refractivity contribution in [3.8, 4) is 0 Å². The van der Waals surface area contributed by atoms with E-state index in [0.717, 1.165) is 12.3 Å². The summed E-state index contributed by atoms with van der Waals surface area (Å²) in [5.74, 6) is -3.01. The lowest BCUT2D eigenvalue weighted by molar-refractivity contribution is -0.141. The van der Waals surface area contributed by atoms with Crippen molar-refractivity contribution >= 4 is 11.9 Å². The molecule has 7 heteroatoms. The van der Waals surface area contributed by atoms with Crippen molar-refractivity contribution in [3.63, 3.8) is 0 Å². The molecule has 92 valence electrons. The van der Waals surface area contributed by atoms with Crippen LogP contribution in [0.25, 0.3) is 0 Å². The van der Waals surface area contributed by atoms with Gasteiger partial charge in [0.1, 0.15) is 0 Å². The van der Waals surface area contributed by atoms with E-state index in [9.17, 15) is 14.0 Å². The van der Waals surface area contributed by atoms with E-state index in [4.69, 9.17) is 10.2 Å². The summed E-state index contributed by atoms with van der Waals surface area (Å²) in [6.45, 7) is 1.23. The molecule has 6 nitrogen and oxygen atoms in total. The van der Waals surface area contributed by atoms with Crippen molar-refractivity contribution in [1.82, 2.24) is 10.3 Å². The lowest BCUT2D eigenvalue weighted by Crippen LogP contribution is -2.47. The molecule has 0 unspecified atom stereocenters. The number of pyridine rings is 1. The van der Waals surface area contributed by atoms with Crippen LogP contribution in [0, 0.1) is 5.95 Å². The van der Waals surface area contributed by atoms with Crippen LogP contribution >= 0.6 is 0 Å². The Labute approximate surface area is 96.1 Å². The molecule has 17 heavy (non-hydrogen) atoms. The average molecular weight is 242 g/mol. The Morgan fingerprint density at radius 1 is 1.53 bits per heavy atom. The number of amides is 1. The van der Waals surface area contributed by atoms with Gasteiger partial charge in [-0.15, -0.1) is 0 Å². The highest BCUT2D eigenvalue weighted by atomic mass is 19.1. The fraction of sp³-hybridized carbons (Fsp3) is 0.300. The molecule has 0 aliphatic carbocycles. The molecular weight excluding hydrogens is 231 g/mol. The number of carboxylic acids is 1. The average Bonchev–Trinajstić information content (AvgIpc) is 2.24. The van der Waals surface area contributed by atoms with Crippen LogP contribution in [0.15, 0.2) is 18.3 Å². The second-order valence-electron chi connectivity index (χ2n) is 3.40. The smallest absolute Gasteiger partial charge is 0.328 e. The number of aliphatic hydroxyl groups is 1. The van der Waals surface area contributed by atoms with Gasteiger partial charge in [-0.1, -0.05) is 0 Å². The fourth-order valence-corrected chi connectivity index (χ4v) is 1.16. The number of hydrogen-bond donors (Lipinski definition) is 3. The maximum Gasteiger partial charge on any atom is 0.328 e. The number of aliphatic hydroxyl groups excluding tert-OH is 1. The molecule has 0 aliphatic rings. The first-order valence-electron chi connectivity index (χ1n) is 4.75. The summed E-state index contributed by atoms with van der Waals surface area (Å²) in [6, 6.07) is 0.661. The summed E-state index contributed by atoms with van der Waals surface area (Å²) in [5.41, 5.74) is -0.0654. The molecule has 2 atom stereocenters. The second kappa shape index (κ2) is 5.35. The first-order chi connectivity index (χ1) is 7.91. The Balaban J connectivity index is 2.81. The summed E-state index contributed by atoms with van der Waals surface area (Å²) < 4.78 is 12.7. The van der Waals surface area contributed by atoms with Crippen molar-refractivity contribution < 1.29 is 24.2 Å². The molecule has 1 aromatic rings. The minimum atomic E-state index is -1.45. The lowest BCUT2D eigenvalue weighted by Gasteiger charge is -2.16. The molecule has 0 bridgehead atoms. The minimum Gasteiger partial charge on any atom is -0.480 e. The number of rotatable bonds is 4. The van der Waals surface area contributed by atoms with Crippen LogP contribution in [0.1, 0.15) is 17.3 Å². The maximum absolute atomic E-state index is 12.7. The van der Waals surface area contributed by atoms with Gasteiger partial charge in [0.15, 0.2) is 6.04 Å². The molecule has 0 saturated heterocycles. The summed E-state index contributed by atoms with van der Waals surface area (Å²) in [6.07, 6.45) is -0.175. The molecule has 0 fully saturated rings. The number of hydrogen-bond acceptors (Lipinski definition) is 4. The van der Waals surface area contributed by atoms with Gasteiger partial charge in [-0.25, -0.2) is 9.78 Å². The van der Waals surface area contributed by atoms with Gasteiger partial charge in [0.05, 0.1) is 6.10 Å². The number of halogens is 1. The minimum absolute atomic E-state index is 0.0654. The molecule has 1 heterocycles. The Morgan fingerprint density at radius 2 is 2.18 bits per heavy atom. The van der Waals surface area contributed by atoms with Crippen LogP contribution in [-0.2, 0) is 4.79 Å². The van der Waals surface area contributed by atoms with Gasteiger partial charge in [-0.3, -0.25) is 4.79 Å². The molecule has 0 aliphatic heterocycles. The zero-order chi connectivity index (χ0) is 13.0. The van der Waals surface area contributed by atoms with E-state index < -0.39 is 30.0 Å². The van der Waals surface area contributed by atoms with Crippen LogP contribution in [-0.4, -0.2) is 39.2 Å². The normalized spacial score (nSPS) is 13.8. The summed E-state index contributed by atoms with van der Waals surface area (Å²) in [7, 11) is 0. The van der Waals surface area contributed by atoms with Gasteiger partial charge in [0.2, 0.25) is 5.95 Å². The zero-order valence-corrected chi connectivity index (χ0v) is 8.92. The van der Waals surface area contributed by atoms with E-state index in [1.54, 1.807) is 0 Å². The number of aromatic nitrogens is 1. The first kappa shape index (κ1) is 13.0. The van der Waals surface area contributed by atoms with E-state index in [2.05, 4.69) is 10.3 Å². The summed E-state index contributed by atoms with van der Waals surface area (Å²) in [4.78, 5) is 25.5. The highest BCUT2D eigenvalue weighted by Gasteiger charge is 2.25. The Kier molecular flexibility index (Phi) is 4.11. The second-order valence-corrected chi connectivity index (χ2v) is 3.40. The van der Waals surface area contributed by atoms with E-state index in [-0.39, 0.29) is 5.56 Å². The highest BCUT2D eigenvalue weighted by Crippen LogP contribution is 2.02. The van der Waals surface area contributed by atoms with Crippen molar-refractivity contribution in [2.75, 3.05) is 0 Å². The van der Waals surface area contributed by atoms with E-state index >= 15 is 0 Å². The topological polar surface area (TPSA) is 99.5 Å². The molecule has 0 saturated carbocycles. The molecule has 1 rings (SSSR count). The third-order valence-corrected chi connectivity index (χ3v) is 2.02. The third kappa shape index (κ3) is 3.49. The van der Waals surface area contributed by atoms with Crippen molar-refractivity contribution in [3.05, 3.63) is 29.8 Å². The van der Waals surface area contributed by atoms with Crippen LogP contribution in [0.5, 0.6) is 0 Å². The van der Waals surface area contributed by atoms with Gasteiger partial charge < -0.3 is 15.5 Å². The van der Waals surface area contributed by atoms with Crippen LogP contribution in [0.3, 0.4) is 0 Å². The standard InChI is InChI=1S/C10H11FN2O4/c1-5(14)8(10(16)17)13-9(15)6-2-3-12-7(11)4-6/h2-5,8,14H,1H3,(H,13,15)(H,16,17)/t5-,8+/m1/s1. The largest absolute Gasteiger partial charge is 0.480 e. The SMILES string of the molecule is C[C@@H](O)[C@H](NC(=O)c1ccnc(F)c1)C(=O)O. The highest BCUT2D eigenvalue weighted by molar-refractivity contribution is 5.96. The van der Waals surface area contributed by atoms with E-state index in [1.807, 2.05) is 0 Å². The fourth-order valence-electron chi connectivity index (χ4n) is 1.16. The number of nitrogens with zero attached hydrogens (tertiary/aromatic N) is 1. The van der Waals surface area contributed by atoms with Gasteiger partial charge in [-0.2, -0.15) is 4.39 Å².